The molecule has 1 atom stereocenters. The Balaban J connectivity index is 3.09. The van der Waals surface area contributed by atoms with Crippen LogP contribution in [0.1, 0.15) is 79.1 Å². The van der Waals surface area contributed by atoms with E-state index in [-0.39, 0.29) is 0 Å². The summed E-state index contributed by atoms with van der Waals surface area (Å²) < 4.78 is 5.70. The molecule has 1 heteroatoms. The van der Waals surface area contributed by atoms with Crippen molar-refractivity contribution in [1.82, 2.24) is 0 Å². The van der Waals surface area contributed by atoms with E-state index in [4.69, 9.17) is 4.74 Å². The van der Waals surface area contributed by atoms with Crippen molar-refractivity contribution in [3.8, 4) is 0 Å². The predicted octanol–water partition coefficient (Wildman–Crippen LogP) is 4.94. The summed E-state index contributed by atoms with van der Waals surface area (Å²) in [5.41, 5.74) is 0. The minimum Gasteiger partial charge on any atom is -0.376 e. The normalized spacial score (nSPS) is 13.4. The van der Waals surface area contributed by atoms with Crippen LogP contribution in [0.4, 0.5) is 0 Å². The van der Waals surface area contributed by atoms with Gasteiger partial charge in [0.05, 0.1) is 12.2 Å². The largest absolute Gasteiger partial charge is 0.376 e. The first-order valence-electron chi connectivity index (χ1n) is 6.82. The van der Waals surface area contributed by atoms with Crippen molar-refractivity contribution >= 4 is 0 Å². The van der Waals surface area contributed by atoms with Gasteiger partial charge in [0.1, 0.15) is 0 Å². The number of hydrogen-bond acceptors (Lipinski definition) is 1. The van der Waals surface area contributed by atoms with Gasteiger partial charge in [0, 0.05) is 0 Å². The van der Waals surface area contributed by atoms with Gasteiger partial charge < -0.3 is 4.74 Å². The molecular formula is C14H30O. The maximum absolute atomic E-state index is 5.70. The fourth-order valence-corrected chi connectivity index (χ4v) is 1.92. The first-order chi connectivity index (χ1) is 7.16. The lowest BCUT2D eigenvalue weighted by Gasteiger charge is -2.15. The molecule has 0 aliphatic carbocycles. The van der Waals surface area contributed by atoms with Gasteiger partial charge in [0.25, 0.3) is 0 Å². The van der Waals surface area contributed by atoms with Crippen LogP contribution < -0.4 is 0 Å². The predicted molar refractivity (Wildman–Crippen MR) is 68.3 cm³/mol. The van der Waals surface area contributed by atoms with E-state index >= 15 is 0 Å². The minimum absolute atomic E-state index is 0.379. The third-order valence-corrected chi connectivity index (χ3v) is 2.72. The number of rotatable bonds is 10. The van der Waals surface area contributed by atoms with Gasteiger partial charge >= 0.3 is 0 Å². The molecule has 0 aromatic rings. The zero-order chi connectivity index (χ0) is 11.5. The summed E-state index contributed by atoms with van der Waals surface area (Å²) in [6.07, 6.45) is 11.8. The summed E-state index contributed by atoms with van der Waals surface area (Å²) in [6, 6.07) is 0. The lowest BCUT2D eigenvalue weighted by Crippen LogP contribution is -2.13. The molecule has 0 fully saturated rings. The van der Waals surface area contributed by atoms with Crippen LogP contribution in [0.3, 0.4) is 0 Å². The Hall–Kier alpha value is -0.0400. The molecule has 1 unspecified atom stereocenters. The summed E-state index contributed by atoms with van der Waals surface area (Å²) in [7, 11) is 0. The molecule has 0 heterocycles. The fourth-order valence-electron chi connectivity index (χ4n) is 1.92. The summed E-state index contributed by atoms with van der Waals surface area (Å²) in [5.74, 6) is 0. The second-order valence-electron chi connectivity index (χ2n) is 4.91. The van der Waals surface area contributed by atoms with Crippen molar-refractivity contribution in [2.45, 2.75) is 91.3 Å². The molecule has 0 amide bonds. The average Bonchev–Trinajstić information content (AvgIpc) is 2.15. The van der Waals surface area contributed by atoms with E-state index in [1.165, 1.54) is 51.4 Å². The van der Waals surface area contributed by atoms with E-state index in [0.29, 0.717) is 12.2 Å². The Morgan fingerprint density at radius 2 is 1.33 bits per heavy atom. The highest BCUT2D eigenvalue weighted by Gasteiger charge is 2.03. The minimum atomic E-state index is 0.379. The smallest absolute Gasteiger partial charge is 0.0550 e. The molecule has 0 bridgehead atoms. The van der Waals surface area contributed by atoms with Crippen LogP contribution in [-0.4, -0.2) is 12.2 Å². The Morgan fingerprint density at radius 1 is 0.800 bits per heavy atom. The second kappa shape index (κ2) is 10.5. The molecule has 1 nitrogen and oxygen atoms in total. The van der Waals surface area contributed by atoms with E-state index < -0.39 is 0 Å². The lowest BCUT2D eigenvalue weighted by atomic mass is 10.1. The summed E-state index contributed by atoms with van der Waals surface area (Å²) in [6.45, 7) is 8.69. The van der Waals surface area contributed by atoms with E-state index in [1.807, 2.05) is 0 Å². The zero-order valence-electron chi connectivity index (χ0n) is 11.2. The van der Waals surface area contributed by atoms with Gasteiger partial charge in [-0.05, 0) is 27.2 Å². The molecule has 15 heavy (non-hydrogen) atoms. The lowest BCUT2D eigenvalue weighted by molar-refractivity contribution is 0.0131. The van der Waals surface area contributed by atoms with Crippen LogP contribution in [0.15, 0.2) is 0 Å². The summed E-state index contributed by atoms with van der Waals surface area (Å²) in [5, 5.41) is 0. The third kappa shape index (κ3) is 11.9. The van der Waals surface area contributed by atoms with Gasteiger partial charge in [0.2, 0.25) is 0 Å². The van der Waals surface area contributed by atoms with Gasteiger partial charge in [-0.15, -0.1) is 0 Å². The molecule has 0 aliphatic heterocycles. The van der Waals surface area contributed by atoms with Gasteiger partial charge in [-0.25, -0.2) is 0 Å². The van der Waals surface area contributed by atoms with Crippen LogP contribution in [0.2, 0.25) is 0 Å². The Labute approximate surface area is 96.6 Å². The molecule has 0 N–H and O–H groups in total. The van der Waals surface area contributed by atoms with Crippen molar-refractivity contribution in [1.29, 1.82) is 0 Å². The van der Waals surface area contributed by atoms with Gasteiger partial charge in [-0.3, -0.25) is 0 Å². The molecule has 0 rings (SSSR count). The molecule has 0 aromatic heterocycles. The zero-order valence-corrected chi connectivity index (χ0v) is 11.2. The molecule has 0 saturated heterocycles. The number of ether oxygens (including phenoxy) is 1. The Kier molecular flexibility index (Phi) is 10.4. The monoisotopic (exact) mass is 214 g/mol. The molecule has 0 saturated carbocycles. The quantitative estimate of drug-likeness (QED) is 0.468. The molecule has 0 aromatic carbocycles. The standard InChI is InChI=1S/C14H30O/c1-5-6-7-8-9-10-11-12-14(4)15-13(2)3/h13-14H,5-12H2,1-4H3. The van der Waals surface area contributed by atoms with E-state index in [9.17, 15) is 0 Å². The highest BCUT2D eigenvalue weighted by molar-refractivity contribution is 4.53. The van der Waals surface area contributed by atoms with Crippen molar-refractivity contribution in [3.05, 3.63) is 0 Å². The second-order valence-corrected chi connectivity index (χ2v) is 4.91. The van der Waals surface area contributed by atoms with Crippen molar-refractivity contribution in [2.75, 3.05) is 0 Å². The summed E-state index contributed by atoms with van der Waals surface area (Å²) >= 11 is 0. The highest BCUT2D eigenvalue weighted by Crippen LogP contribution is 2.11. The first kappa shape index (κ1) is 15.0. The molecule has 0 aliphatic rings. The van der Waals surface area contributed by atoms with E-state index in [0.717, 1.165) is 0 Å². The summed E-state index contributed by atoms with van der Waals surface area (Å²) in [4.78, 5) is 0. The van der Waals surface area contributed by atoms with Crippen molar-refractivity contribution < 1.29 is 4.74 Å². The van der Waals surface area contributed by atoms with Gasteiger partial charge in [-0.2, -0.15) is 0 Å². The van der Waals surface area contributed by atoms with Crippen LogP contribution >= 0.6 is 0 Å². The number of hydrogen-bond donors (Lipinski definition) is 0. The van der Waals surface area contributed by atoms with Crippen LogP contribution in [0, 0.1) is 0 Å². The van der Waals surface area contributed by atoms with Crippen LogP contribution in [-0.2, 0) is 4.74 Å². The maximum atomic E-state index is 5.70. The molecule has 0 spiro atoms. The van der Waals surface area contributed by atoms with Crippen LogP contribution in [0.5, 0.6) is 0 Å². The molecular weight excluding hydrogens is 184 g/mol. The molecule has 0 radical (unpaired) electrons. The van der Waals surface area contributed by atoms with E-state index in [1.54, 1.807) is 0 Å². The van der Waals surface area contributed by atoms with Gasteiger partial charge in [0.15, 0.2) is 0 Å². The van der Waals surface area contributed by atoms with Crippen LogP contribution in [0.25, 0.3) is 0 Å². The topological polar surface area (TPSA) is 9.23 Å². The van der Waals surface area contributed by atoms with Crippen molar-refractivity contribution in [3.63, 3.8) is 0 Å². The maximum Gasteiger partial charge on any atom is 0.0550 e. The van der Waals surface area contributed by atoms with Crippen molar-refractivity contribution in [2.24, 2.45) is 0 Å². The molecule has 92 valence electrons. The van der Waals surface area contributed by atoms with E-state index in [2.05, 4.69) is 27.7 Å². The van der Waals surface area contributed by atoms with Gasteiger partial charge in [-0.1, -0.05) is 51.9 Å². The number of unbranched alkanes of at least 4 members (excludes halogenated alkanes) is 6. The average molecular weight is 214 g/mol. The highest BCUT2D eigenvalue weighted by atomic mass is 16.5. The fraction of sp³-hybridized carbons (Fsp3) is 1.00. The Morgan fingerprint density at radius 3 is 1.87 bits per heavy atom. The third-order valence-electron chi connectivity index (χ3n) is 2.72. The first-order valence-corrected chi connectivity index (χ1v) is 6.82. The Bertz CT molecular complexity index is 121. The SMILES string of the molecule is CCCCCCCCCC(C)OC(C)C.